The zero-order chi connectivity index (χ0) is 14.5. The number of nitrogens with zero attached hydrogens (tertiary/aromatic N) is 2. The second kappa shape index (κ2) is 6.39. The van der Waals surface area contributed by atoms with Crippen LogP contribution in [0.2, 0.25) is 0 Å². The molecule has 0 atom stereocenters. The predicted molar refractivity (Wildman–Crippen MR) is 82.6 cm³/mol. The van der Waals surface area contributed by atoms with Crippen LogP contribution >= 0.6 is 0 Å². The van der Waals surface area contributed by atoms with Crippen LogP contribution in [0.4, 0.5) is 5.69 Å². The number of anilines is 1. The fourth-order valence-electron chi connectivity index (χ4n) is 1.93. The number of hydrogen-bond acceptors (Lipinski definition) is 4. The topological polar surface area (TPSA) is 37.4 Å². The first-order chi connectivity index (χ1) is 9.60. The van der Waals surface area contributed by atoms with Gasteiger partial charge in [0.25, 0.3) is 0 Å². The number of benzene rings is 1. The highest BCUT2D eigenvalue weighted by atomic mass is 16.5. The fraction of sp³-hybridized carbons (Fsp3) is 0.312. The summed E-state index contributed by atoms with van der Waals surface area (Å²) in [7, 11) is 5.95. The Bertz CT molecular complexity index is 582. The molecule has 0 spiro atoms. The number of nitrogens with one attached hydrogen (secondary N) is 1. The van der Waals surface area contributed by atoms with Gasteiger partial charge in [-0.05, 0) is 26.1 Å². The second-order valence-electron chi connectivity index (χ2n) is 4.96. The lowest BCUT2D eigenvalue weighted by Gasteiger charge is -2.15. The van der Waals surface area contributed by atoms with Crippen molar-refractivity contribution in [2.75, 3.05) is 26.0 Å². The third-order valence-electron chi connectivity index (χ3n) is 3.01. The number of ether oxygens (including phenoxy) is 1. The average molecular weight is 271 g/mol. The first kappa shape index (κ1) is 14.3. The van der Waals surface area contributed by atoms with Gasteiger partial charge in [0.05, 0.1) is 0 Å². The summed E-state index contributed by atoms with van der Waals surface area (Å²) in [6.07, 6.45) is 1.86. The quantitative estimate of drug-likeness (QED) is 0.907. The lowest BCUT2D eigenvalue weighted by Crippen LogP contribution is -2.09. The highest BCUT2D eigenvalue weighted by Crippen LogP contribution is 2.28. The number of hydrogen-bond donors (Lipinski definition) is 1. The van der Waals surface area contributed by atoms with E-state index in [1.807, 2.05) is 58.5 Å². The second-order valence-corrected chi connectivity index (χ2v) is 4.96. The molecule has 4 nitrogen and oxygen atoms in total. The Hall–Kier alpha value is -2.07. The third-order valence-corrected chi connectivity index (χ3v) is 3.01. The van der Waals surface area contributed by atoms with Gasteiger partial charge in [0.15, 0.2) is 0 Å². The van der Waals surface area contributed by atoms with E-state index >= 15 is 0 Å². The first-order valence-electron chi connectivity index (χ1n) is 6.65. The van der Waals surface area contributed by atoms with Crippen LogP contribution in [-0.2, 0) is 6.54 Å². The van der Waals surface area contributed by atoms with Crippen LogP contribution in [0.1, 0.15) is 11.3 Å². The van der Waals surface area contributed by atoms with Gasteiger partial charge in [-0.15, -0.1) is 0 Å². The number of aryl methyl sites for hydroxylation is 1. The van der Waals surface area contributed by atoms with E-state index in [0.717, 1.165) is 35.0 Å². The van der Waals surface area contributed by atoms with Crippen LogP contribution < -0.4 is 15.0 Å². The summed E-state index contributed by atoms with van der Waals surface area (Å²) >= 11 is 0. The van der Waals surface area contributed by atoms with Crippen molar-refractivity contribution in [2.24, 2.45) is 0 Å². The number of pyridine rings is 1. The molecule has 2 aromatic rings. The molecule has 0 unspecified atom stereocenters. The van der Waals surface area contributed by atoms with Crippen LogP contribution in [0.15, 0.2) is 36.5 Å². The maximum atomic E-state index is 6.03. The van der Waals surface area contributed by atoms with Crippen LogP contribution in [0.5, 0.6) is 11.5 Å². The Labute approximate surface area is 120 Å². The first-order valence-corrected chi connectivity index (χ1v) is 6.65. The van der Waals surface area contributed by atoms with Crippen molar-refractivity contribution in [2.45, 2.75) is 13.5 Å². The van der Waals surface area contributed by atoms with E-state index in [2.05, 4.69) is 21.3 Å². The molecule has 0 saturated heterocycles. The summed E-state index contributed by atoms with van der Waals surface area (Å²) in [5.41, 5.74) is 3.11. The summed E-state index contributed by atoms with van der Waals surface area (Å²) in [5, 5.41) is 3.13. The molecule has 0 bridgehead atoms. The van der Waals surface area contributed by atoms with Crippen molar-refractivity contribution < 1.29 is 4.74 Å². The molecule has 0 aliphatic carbocycles. The molecule has 0 amide bonds. The lowest BCUT2D eigenvalue weighted by molar-refractivity contribution is 0.472. The summed E-state index contributed by atoms with van der Waals surface area (Å²) in [6.45, 7) is 2.70. The minimum absolute atomic E-state index is 0.732. The lowest BCUT2D eigenvalue weighted by atomic mass is 10.2. The average Bonchev–Trinajstić information content (AvgIpc) is 2.42. The van der Waals surface area contributed by atoms with Crippen molar-refractivity contribution in [1.82, 2.24) is 10.3 Å². The highest BCUT2D eigenvalue weighted by molar-refractivity contribution is 5.50. The van der Waals surface area contributed by atoms with Crippen molar-refractivity contribution in [3.05, 3.63) is 47.8 Å². The van der Waals surface area contributed by atoms with E-state index in [1.54, 1.807) is 0 Å². The number of rotatable bonds is 5. The molecule has 106 valence electrons. The van der Waals surface area contributed by atoms with Crippen molar-refractivity contribution in [1.29, 1.82) is 0 Å². The van der Waals surface area contributed by atoms with Crippen LogP contribution in [0.3, 0.4) is 0 Å². The fourth-order valence-corrected chi connectivity index (χ4v) is 1.93. The Morgan fingerprint density at radius 2 is 2.05 bits per heavy atom. The van der Waals surface area contributed by atoms with Crippen molar-refractivity contribution >= 4 is 5.69 Å². The molecule has 1 aromatic carbocycles. The van der Waals surface area contributed by atoms with Crippen molar-refractivity contribution in [3.8, 4) is 11.5 Å². The van der Waals surface area contributed by atoms with Gasteiger partial charge < -0.3 is 15.0 Å². The van der Waals surface area contributed by atoms with E-state index in [1.165, 1.54) is 0 Å². The van der Waals surface area contributed by atoms with Crippen LogP contribution in [-0.4, -0.2) is 26.1 Å². The number of aromatic nitrogens is 1. The highest BCUT2D eigenvalue weighted by Gasteiger charge is 2.07. The molecule has 0 radical (unpaired) electrons. The molecule has 0 fully saturated rings. The zero-order valence-corrected chi connectivity index (χ0v) is 12.5. The molecule has 0 aliphatic rings. The van der Waals surface area contributed by atoms with E-state index in [4.69, 9.17) is 4.74 Å². The zero-order valence-electron chi connectivity index (χ0n) is 12.5. The Morgan fingerprint density at radius 1 is 1.25 bits per heavy atom. The third kappa shape index (κ3) is 3.48. The molecule has 4 heteroatoms. The summed E-state index contributed by atoms with van der Waals surface area (Å²) in [6, 6.07) is 10.0. The summed E-state index contributed by atoms with van der Waals surface area (Å²) in [4.78, 5) is 6.37. The molecule has 1 aromatic heterocycles. The maximum absolute atomic E-state index is 6.03. The predicted octanol–water partition coefficient (Wildman–Crippen LogP) is 2.97. The van der Waals surface area contributed by atoms with Gasteiger partial charge in [0, 0.05) is 55.9 Å². The van der Waals surface area contributed by atoms with Gasteiger partial charge in [0.2, 0.25) is 0 Å². The van der Waals surface area contributed by atoms with E-state index < -0.39 is 0 Å². The Balaban J connectivity index is 2.29. The van der Waals surface area contributed by atoms with Crippen LogP contribution in [0, 0.1) is 6.92 Å². The van der Waals surface area contributed by atoms with E-state index in [-0.39, 0.29) is 0 Å². The molecular weight excluding hydrogens is 250 g/mol. The molecule has 0 saturated carbocycles. The molecule has 0 aliphatic heterocycles. The molecular formula is C16H21N3O. The van der Waals surface area contributed by atoms with E-state index in [0.29, 0.717) is 0 Å². The largest absolute Gasteiger partial charge is 0.457 e. The monoisotopic (exact) mass is 271 g/mol. The molecule has 1 N–H and O–H groups in total. The normalized spacial score (nSPS) is 10.4. The minimum atomic E-state index is 0.732. The van der Waals surface area contributed by atoms with Gasteiger partial charge in [-0.3, -0.25) is 4.98 Å². The van der Waals surface area contributed by atoms with Gasteiger partial charge >= 0.3 is 0 Å². The van der Waals surface area contributed by atoms with E-state index in [9.17, 15) is 0 Å². The Kier molecular flexibility index (Phi) is 4.58. The van der Waals surface area contributed by atoms with Crippen molar-refractivity contribution in [3.63, 3.8) is 0 Å². The Morgan fingerprint density at radius 3 is 2.75 bits per heavy atom. The molecule has 20 heavy (non-hydrogen) atoms. The summed E-state index contributed by atoms with van der Waals surface area (Å²) in [5.74, 6) is 1.68. The minimum Gasteiger partial charge on any atom is -0.457 e. The van der Waals surface area contributed by atoms with Gasteiger partial charge in [0.1, 0.15) is 11.5 Å². The van der Waals surface area contributed by atoms with Gasteiger partial charge in [-0.25, -0.2) is 0 Å². The standard InChI is InChI=1S/C16H21N3O/c1-12-8-16(13(10-17-2)11-18-12)20-15-7-5-6-14(9-15)19(3)4/h5-9,11,17H,10H2,1-4H3. The molecule has 2 rings (SSSR count). The SMILES string of the molecule is CNCc1cnc(C)cc1Oc1cccc(N(C)C)c1. The van der Waals surface area contributed by atoms with Gasteiger partial charge in [-0.1, -0.05) is 6.07 Å². The maximum Gasteiger partial charge on any atom is 0.135 e. The smallest absolute Gasteiger partial charge is 0.135 e. The van der Waals surface area contributed by atoms with Crippen LogP contribution in [0.25, 0.3) is 0 Å². The molecule has 1 heterocycles. The van der Waals surface area contributed by atoms with Gasteiger partial charge in [-0.2, -0.15) is 0 Å². The summed E-state index contributed by atoms with van der Waals surface area (Å²) < 4.78 is 6.03.